The van der Waals surface area contributed by atoms with Crippen LogP contribution in [0.25, 0.3) is 0 Å². The zero-order valence-electron chi connectivity index (χ0n) is 8.17. The summed E-state index contributed by atoms with van der Waals surface area (Å²) in [6, 6.07) is 0.260. The molecular weight excluding hydrogens is 209 g/mol. The molecule has 0 saturated heterocycles. The summed E-state index contributed by atoms with van der Waals surface area (Å²) in [7, 11) is -4.64. The lowest BCUT2D eigenvalue weighted by Crippen LogP contribution is -2.30. The van der Waals surface area contributed by atoms with Gasteiger partial charge in [-0.25, -0.2) is 4.57 Å². The Bertz CT molecular complexity index is 216. The lowest BCUT2D eigenvalue weighted by atomic mass is 10.2. The molecule has 0 aromatic heterocycles. The van der Waals surface area contributed by atoms with Crippen molar-refractivity contribution in [3.63, 3.8) is 0 Å². The van der Waals surface area contributed by atoms with Crippen molar-refractivity contribution in [1.29, 1.82) is 0 Å². The summed E-state index contributed by atoms with van der Waals surface area (Å²) in [5.74, 6) is -0.0932. The highest BCUT2D eigenvalue weighted by Gasteiger charge is 2.00. The molecule has 1 amide bonds. The van der Waals surface area contributed by atoms with Gasteiger partial charge in [0.05, 0.1) is 0 Å². The lowest BCUT2D eigenvalue weighted by Gasteiger charge is -2.07. The molecule has 0 spiro atoms. The van der Waals surface area contributed by atoms with E-state index in [9.17, 15) is 4.79 Å². The Labute approximate surface area is 82.9 Å². The molecule has 7 heteroatoms. The van der Waals surface area contributed by atoms with Crippen molar-refractivity contribution in [2.24, 2.45) is 0 Å². The van der Waals surface area contributed by atoms with Crippen LogP contribution in [0, 0.1) is 0 Å². The summed E-state index contributed by atoms with van der Waals surface area (Å²) in [5.41, 5.74) is 0. The lowest BCUT2D eigenvalue weighted by molar-refractivity contribution is -0.117. The van der Waals surface area contributed by atoms with Crippen LogP contribution in [0.4, 0.5) is 0 Å². The van der Waals surface area contributed by atoms with E-state index < -0.39 is 7.82 Å². The molecule has 6 nitrogen and oxygen atoms in total. The zero-order chi connectivity index (χ0) is 11.8. The van der Waals surface area contributed by atoms with Crippen molar-refractivity contribution in [3.05, 3.63) is 12.7 Å². The van der Waals surface area contributed by atoms with E-state index in [0.717, 1.165) is 6.42 Å². The molecule has 0 radical (unpaired) electrons. The number of carbonyl (C=O) groups excluding carboxylic acids is 1. The van der Waals surface area contributed by atoms with Crippen molar-refractivity contribution in [2.45, 2.75) is 26.3 Å². The second-order valence-corrected chi connectivity index (χ2v) is 3.56. The second kappa shape index (κ2) is 7.70. The van der Waals surface area contributed by atoms with Crippen LogP contribution in [0.15, 0.2) is 12.7 Å². The summed E-state index contributed by atoms with van der Waals surface area (Å²) in [5, 5.41) is 2.72. The molecule has 84 valence electrons. The van der Waals surface area contributed by atoms with E-state index in [1.807, 2.05) is 13.8 Å². The molecule has 0 bridgehead atoms. The largest absolute Gasteiger partial charge is 0.466 e. The van der Waals surface area contributed by atoms with Crippen LogP contribution in [0.2, 0.25) is 0 Å². The van der Waals surface area contributed by atoms with Crippen LogP contribution in [-0.4, -0.2) is 26.6 Å². The minimum Gasteiger partial charge on any atom is -0.350 e. The molecule has 0 heterocycles. The minimum atomic E-state index is -4.64. The van der Waals surface area contributed by atoms with Crippen molar-refractivity contribution >= 4 is 13.7 Å². The third-order valence-corrected chi connectivity index (χ3v) is 1.19. The Morgan fingerprint density at radius 2 is 1.93 bits per heavy atom. The van der Waals surface area contributed by atoms with Gasteiger partial charge in [-0.15, -0.1) is 0 Å². The van der Waals surface area contributed by atoms with E-state index >= 15 is 0 Å². The maximum absolute atomic E-state index is 10.6. The summed E-state index contributed by atoms with van der Waals surface area (Å²) in [4.78, 5) is 32.1. The van der Waals surface area contributed by atoms with Gasteiger partial charge in [0.2, 0.25) is 5.91 Å². The number of rotatable bonds is 3. The first-order valence-electron chi connectivity index (χ1n) is 3.92. The summed E-state index contributed by atoms with van der Waals surface area (Å²) >= 11 is 0. The van der Waals surface area contributed by atoms with Gasteiger partial charge in [0, 0.05) is 6.04 Å². The van der Waals surface area contributed by atoms with Gasteiger partial charge in [-0.2, -0.15) is 0 Å². The predicted molar refractivity (Wildman–Crippen MR) is 52.4 cm³/mol. The van der Waals surface area contributed by atoms with Gasteiger partial charge >= 0.3 is 7.82 Å². The Morgan fingerprint density at radius 3 is 2.14 bits per heavy atom. The van der Waals surface area contributed by atoms with E-state index in [4.69, 9.17) is 19.2 Å². The first kappa shape index (κ1) is 15.8. The summed E-state index contributed by atoms with van der Waals surface area (Å²) in [6.07, 6.45) is 2.24. The van der Waals surface area contributed by atoms with Crippen LogP contribution in [0.3, 0.4) is 0 Å². The topological polar surface area (TPSA) is 107 Å². The molecule has 1 atom stereocenters. The smallest absolute Gasteiger partial charge is 0.350 e. The fourth-order valence-electron chi connectivity index (χ4n) is 0.404. The van der Waals surface area contributed by atoms with Crippen molar-refractivity contribution in [1.82, 2.24) is 5.32 Å². The van der Waals surface area contributed by atoms with Gasteiger partial charge in [0.25, 0.3) is 0 Å². The number of amides is 1. The molecule has 0 rings (SSSR count). The van der Waals surface area contributed by atoms with E-state index in [-0.39, 0.29) is 11.9 Å². The zero-order valence-corrected chi connectivity index (χ0v) is 9.07. The Balaban J connectivity index is 0. The van der Waals surface area contributed by atoms with Gasteiger partial charge in [-0.05, 0) is 19.4 Å². The standard InChI is InChI=1S/C7H13NO.H3O4P/c1-4-6(3)8-7(9)5-2;1-5(2,3)4/h5-6H,2,4H2,1,3H3,(H,8,9);(H3,1,2,3,4). The second-order valence-electron chi connectivity index (χ2n) is 2.54. The van der Waals surface area contributed by atoms with Crippen molar-refractivity contribution in [3.8, 4) is 0 Å². The van der Waals surface area contributed by atoms with Crippen LogP contribution in [0.1, 0.15) is 20.3 Å². The molecular formula is C7H16NO5P. The SMILES string of the molecule is C=CC(=O)NC(C)CC.O=P(O)(O)O. The maximum Gasteiger partial charge on any atom is 0.466 e. The first-order chi connectivity index (χ1) is 6.20. The van der Waals surface area contributed by atoms with Gasteiger partial charge in [0.1, 0.15) is 0 Å². The van der Waals surface area contributed by atoms with E-state index in [1.165, 1.54) is 6.08 Å². The third kappa shape index (κ3) is 22.5. The highest BCUT2D eigenvalue weighted by atomic mass is 31.2. The quantitative estimate of drug-likeness (QED) is 0.404. The Hall–Kier alpha value is -0.680. The normalized spacial score (nSPS) is 12.1. The highest BCUT2D eigenvalue weighted by molar-refractivity contribution is 7.45. The summed E-state index contributed by atoms with van der Waals surface area (Å²) in [6.45, 7) is 7.32. The number of nitrogens with one attached hydrogen (secondary N) is 1. The fourth-order valence-corrected chi connectivity index (χ4v) is 0.404. The Kier molecular flexibility index (Phi) is 8.68. The van der Waals surface area contributed by atoms with Gasteiger partial charge in [-0.3, -0.25) is 4.79 Å². The van der Waals surface area contributed by atoms with Crippen molar-refractivity contribution < 1.29 is 24.0 Å². The van der Waals surface area contributed by atoms with Crippen LogP contribution in [0.5, 0.6) is 0 Å². The first-order valence-corrected chi connectivity index (χ1v) is 5.48. The molecule has 14 heavy (non-hydrogen) atoms. The third-order valence-electron chi connectivity index (χ3n) is 1.19. The molecule has 0 fully saturated rings. The van der Waals surface area contributed by atoms with E-state index in [1.54, 1.807) is 0 Å². The van der Waals surface area contributed by atoms with Crippen LogP contribution in [-0.2, 0) is 9.36 Å². The number of carbonyl (C=O) groups is 1. The molecule has 4 N–H and O–H groups in total. The number of hydrogen-bond donors (Lipinski definition) is 4. The molecule has 0 aromatic carbocycles. The van der Waals surface area contributed by atoms with Crippen molar-refractivity contribution in [2.75, 3.05) is 0 Å². The monoisotopic (exact) mass is 225 g/mol. The molecule has 1 unspecified atom stereocenters. The fraction of sp³-hybridized carbons (Fsp3) is 0.571. The highest BCUT2D eigenvalue weighted by Crippen LogP contribution is 2.25. The average Bonchev–Trinajstić information content (AvgIpc) is 2.01. The summed E-state index contributed by atoms with van der Waals surface area (Å²) < 4.78 is 8.88. The van der Waals surface area contributed by atoms with Gasteiger partial charge in [-0.1, -0.05) is 13.5 Å². The van der Waals surface area contributed by atoms with E-state index in [0.29, 0.717) is 0 Å². The Morgan fingerprint density at radius 1 is 1.57 bits per heavy atom. The average molecular weight is 225 g/mol. The molecule has 0 aliphatic carbocycles. The molecule has 0 aliphatic rings. The van der Waals surface area contributed by atoms with Gasteiger partial charge in [0.15, 0.2) is 0 Å². The minimum absolute atomic E-state index is 0.0932. The predicted octanol–water partition coefficient (Wildman–Crippen LogP) is 0.158. The van der Waals surface area contributed by atoms with E-state index in [2.05, 4.69) is 11.9 Å². The van der Waals surface area contributed by atoms with Crippen LogP contribution < -0.4 is 5.32 Å². The maximum atomic E-state index is 10.6. The number of hydrogen-bond acceptors (Lipinski definition) is 2. The van der Waals surface area contributed by atoms with Crippen LogP contribution >= 0.6 is 7.82 Å². The molecule has 0 aromatic rings. The van der Waals surface area contributed by atoms with Gasteiger partial charge < -0.3 is 20.0 Å². The molecule has 0 aliphatic heterocycles. The molecule has 0 saturated carbocycles. The number of phosphoric acid groups is 1.